The zero-order valence-corrected chi connectivity index (χ0v) is 14.4. The summed E-state index contributed by atoms with van der Waals surface area (Å²) in [5.41, 5.74) is 2.30. The smallest absolute Gasteiger partial charge is 0.146 e. The van der Waals surface area contributed by atoms with Crippen LogP contribution in [0.5, 0.6) is 5.75 Å². The number of halogens is 1. The van der Waals surface area contributed by atoms with Crippen LogP contribution < -0.4 is 10.1 Å². The molecule has 0 amide bonds. The van der Waals surface area contributed by atoms with Gasteiger partial charge in [0.05, 0.1) is 0 Å². The molecule has 2 rings (SSSR count). The molecule has 0 spiro atoms. The molecule has 114 valence electrons. The van der Waals surface area contributed by atoms with Gasteiger partial charge in [-0.3, -0.25) is 0 Å². The molecule has 0 fully saturated rings. The first kappa shape index (κ1) is 16.0. The van der Waals surface area contributed by atoms with Crippen molar-refractivity contribution in [2.45, 2.75) is 40.5 Å². The van der Waals surface area contributed by atoms with Crippen molar-refractivity contribution in [3.63, 3.8) is 0 Å². The van der Waals surface area contributed by atoms with Gasteiger partial charge in [-0.05, 0) is 38.1 Å². The highest BCUT2D eigenvalue weighted by atomic mass is 79.9. The Kier molecular flexibility index (Phi) is 5.82. The number of nitrogens with zero attached hydrogens (tertiary/aromatic N) is 2. The van der Waals surface area contributed by atoms with E-state index in [1.54, 1.807) is 0 Å². The van der Waals surface area contributed by atoms with Crippen molar-refractivity contribution < 1.29 is 4.74 Å². The summed E-state index contributed by atoms with van der Waals surface area (Å²) in [6, 6.07) is 4.19. The lowest BCUT2D eigenvalue weighted by Gasteiger charge is -2.15. The zero-order chi connectivity index (χ0) is 15.2. The number of aryl methyl sites for hydroxylation is 2. The molecule has 2 aromatic rings. The molecule has 0 unspecified atom stereocenters. The lowest BCUT2D eigenvalue weighted by molar-refractivity contribution is 0.284. The summed E-state index contributed by atoms with van der Waals surface area (Å²) in [5.74, 6) is 1.90. The average molecular weight is 352 g/mol. The second-order valence-electron chi connectivity index (χ2n) is 4.91. The first-order chi connectivity index (χ1) is 10.2. The van der Waals surface area contributed by atoms with Crippen molar-refractivity contribution in [1.29, 1.82) is 0 Å². The molecule has 1 aromatic heterocycles. The molecule has 1 heterocycles. The molecular weight excluding hydrogens is 330 g/mol. The van der Waals surface area contributed by atoms with Crippen LogP contribution in [0.15, 0.2) is 29.0 Å². The van der Waals surface area contributed by atoms with Crippen molar-refractivity contribution in [3.8, 4) is 5.75 Å². The number of nitrogens with one attached hydrogen (secondary N) is 1. The molecule has 4 nitrogen and oxygen atoms in total. The standard InChI is InChI=1S/C16H22BrN3O/c1-4-18-10-13-9-14(17)8-12(3)16(13)21-11-15-19-6-7-20(15)5-2/h6-9,18H,4-5,10-11H2,1-3H3. The second-order valence-corrected chi connectivity index (χ2v) is 5.83. The van der Waals surface area contributed by atoms with Gasteiger partial charge < -0.3 is 14.6 Å². The fourth-order valence-corrected chi connectivity index (χ4v) is 2.92. The van der Waals surface area contributed by atoms with Crippen molar-refractivity contribution in [2.75, 3.05) is 6.54 Å². The van der Waals surface area contributed by atoms with Gasteiger partial charge in [0.15, 0.2) is 0 Å². The summed E-state index contributed by atoms with van der Waals surface area (Å²) >= 11 is 3.55. The molecule has 0 bridgehead atoms. The zero-order valence-electron chi connectivity index (χ0n) is 12.8. The van der Waals surface area contributed by atoms with E-state index in [-0.39, 0.29) is 0 Å². The number of benzene rings is 1. The average Bonchev–Trinajstić information content (AvgIpc) is 2.91. The maximum absolute atomic E-state index is 6.06. The molecule has 1 aromatic carbocycles. The van der Waals surface area contributed by atoms with Crippen LogP contribution in [-0.4, -0.2) is 16.1 Å². The number of ether oxygens (including phenoxy) is 1. The van der Waals surface area contributed by atoms with Gasteiger partial charge in [-0.2, -0.15) is 0 Å². The second kappa shape index (κ2) is 7.61. The highest BCUT2D eigenvalue weighted by Crippen LogP contribution is 2.28. The van der Waals surface area contributed by atoms with E-state index in [2.05, 4.69) is 63.7 Å². The third-order valence-corrected chi connectivity index (χ3v) is 3.83. The lowest BCUT2D eigenvalue weighted by atomic mass is 10.1. The molecule has 21 heavy (non-hydrogen) atoms. The number of hydrogen-bond acceptors (Lipinski definition) is 3. The minimum Gasteiger partial charge on any atom is -0.485 e. The van der Waals surface area contributed by atoms with Gasteiger partial charge in [-0.15, -0.1) is 0 Å². The Morgan fingerprint density at radius 1 is 1.33 bits per heavy atom. The Bertz CT molecular complexity index is 595. The van der Waals surface area contributed by atoms with E-state index in [1.807, 2.05) is 12.4 Å². The van der Waals surface area contributed by atoms with Gasteiger partial charge in [0.25, 0.3) is 0 Å². The normalized spacial score (nSPS) is 10.9. The number of imidazole rings is 1. The number of aromatic nitrogens is 2. The predicted molar refractivity (Wildman–Crippen MR) is 88.5 cm³/mol. The van der Waals surface area contributed by atoms with Crippen LogP contribution in [0.1, 0.15) is 30.8 Å². The highest BCUT2D eigenvalue weighted by molar-refractivity contribution is 9.10. The summed E-state index contributed by atoms with van der Waals surface area (Å²) in [5, 5.41) is 3.35. The Labute approximate surface area is 134 Å². The predicted octanol–water partition coefficient (Wildman–Crippen LogP) is 3.66. The molecule has 1 N–H and O–H groups in total. The Balaban J connectivity index is 2.18. The fourth-order valence-electron chi connectivity index (χ4n) is 2.30. The van der Waals surface area contributed by atoms with Crippen LogP contribution in [0.4, 0.5) is 0 Å². The van der Waals surface area contributed by atoms with Crippen molar-refractivity contribution in [2.24, 2.45) is 0 Å². The summed E-state index contributed by atoms with van der Waals surface area (Å²) in [6.07, 6.45) is 3.79. The minimum absolute atomic E-state index is 0.489. The van der Waals surface area contributed by atoms with E-state index in [0.29, 0.717) is 6.61 Å². The molecule has 0 aliphatic rings. The molecule has 0 atom stereocenters. The van der Waals surface area contributed by atoms with Gasteiger partial charge in [-0.25, -0.2) is 4.98 Å². The van der Waals surface area contributed by atoms with Gasteiger partial charge >= 0.3 is 0 Å². The van der Waals surface area contributed by atoms with E-state index in [9.17, 15) is 0 Å². The number of rotatable bonds is 7. The first-order valence-corrected chi connectivity index (χ1v) is 8.07. The highest BCUT2D eigenvalue weighted by Gasteiger charge is 2.10. The van der Waals surface area contributed by atoms with E-state index in [0.717, 1.165) is 41.2 Å². The van der Waals surface area contributed by atoms with E-state index < -0.39 is 0 Å². The van der Waals surface area contributed by atoms with Gasteiger partial charge in [-0.1, -0.05) is 22.9 Å². The monoisotopic (exact) mass is 351 g/mol. The van der Waals surface area contributed by atoms with Crippen molar-refractivity contribution in [3.05, 3.63) is 46.0 Å². The Morgan fingerprint density at radius 3 is 2.86 bits per heavy atom. The van der Waals surface area contributed by atoms with E-state index in [4.69, 9.17) is 4.74 Å². The minimum atomic E-state index is 0.489. The topological polar surface area (TPSA) is 39.1 Å². The third-order valence-electron chi connectivity index (χ3n) is 3.37. The van der Waals surface area contributed by atoms with Gasteiger partial charge in [0, 0.05) is 35.5 Å². The molecule has 0 saturated heterocycles. The summed E-state index contributed by atoms with van der Waals surface area (Å²) in [6.45, 7) is 9.40. The molecule has 0 aliphatic carbocycles. The maximum Gasteiger partial charge on any atom is 0.146 e. The summed E-state index contributed by atoms with van der Waals surface area (Å²) < 4.78 is 9.24. The van der Waals surface area contributed by atoms with Gasteiger partial charge in [0.2, 0.25) is 0 Å². The molecule has 0 aliphatic heterocycles. The van der Waals surface area contributed by atoms with Crippen LogP contribution in [0.3, 0.4) is 0 Å². The fraction of sp³-hybridized carbons (Fsp3) is 0.438. The number of hydrogen-bond donors (Lipinski definition) is 1. The SMILES string of the molecule is CCNCc1cc(Br)cc(C)c1OCc1nccn1CC. The van der Waals surface area contributed by atoms with Gasteiger partial charge in [0.1, 0.15) is 18.2 Å². The van der Waals surface area contributed by atoms with Crippen molar-refractivity contribution >= 4 is 15.9 Å². The van der Waals surface area contributed by atoms with Crippen LogP contribution in [0, 0.1) is 6.92 Å². The quantitative estimate of drug-likeness (QED) is 0.827. The van der Waals surface area contributed by atoms with Crippen LogP contribution >= 0.6 is 15.9 Å². The Morgan fingerprint density at radius 2 is 2.14 bits per heavy atom. The maximum atomic E-state index is 6.06. The van der Waals surface area contributed by atoms with Crippen LogP contribution in [-0.2, 0) is 19.7 Å². The largest absolute Gasteiger partial charge is 0.485 e. The first-order valence-electron chi connectivity index (χ1n) is 7.28. The molecular formula is C16H22BrN3O. The Hall–Kier alpha value is -1.33. The van der Waals surface area contributed by atoms with Crippen molar-refractivity contribution in [1.82, 2.24) is 14.9 Å². The van der Waals surface area contributed by atoms with E-state index in [1.165, 1.54) is 5.56 Å². The summed E-state index contributed by atoms with van der Waals surface area (Å²) in [7, 11) is 0. The third kappa shape index (κ3) is 4.08. The molecule has 0 saturated carbocycles. The molecule has 0 radical (unpaired) electrons. The van der Waals surface area contributed by atoms with Crippen LogP contribution in [0.25, 0.3) is 0 Å². The van der Waals surface area contributed by atoms with E-state index >= 15 is 0 Å². The molecule has 5 heteroatoms. The van der Waals surface area contributed by atoms with Crippen LogP contribution in [0.2, 0.25) is 0 Å². The lowest BCUT2D eigenvalue weighted by Crippen LogP contribution is -2.14. The summed E-state index contributed by atoms with van der Waals surface area (Å²) in [4.78, 5) is 4.35.